The lowest BCUT2D eigenvalue weighted by atomic mass is 9.90. The molecule has 1 aliphatic heterocycles. The van der Waals surface area contributed by atoms with Crippen LogP contribution in [0.15, 0.2) is 73.1 Å². The number of hydrogen-bond donors (Lipinski definition) is 0. The van der Waals surface area contributed by atoms with Gasteiger partial charge >= 0.3 is 5.97 Å². The highest BCUT2D eigenvalue weighted by Crippen LogP contribution is 2.44. The first-order chi connectivity index (χ1) is 15.8. The number of nitrogens with zero attached hydrogens (tertiary/aromatic N) is 2. The van der Waals surface area contributed by atoms with E-state index >= 15 is 0 Å². The van der Waals surface area contributed by atoms with E-state index in [0.717, 1.165) is 11.1 Å². The van der Waals surface area contributed by atoms with Gasteiger partial charge in [0.25, 0.3) is 5.91 Å². The van der Waals surface area contributed by atoms with Gasteiger partial charge < -0.3 is 14.4 Å². The van der Waals surface area contributed by atoms with Gasteiger partial charge in [-0.2, -0.15) is 0 Å². The number of aromatic nitrogens is 1. The SMILES string of the molecule is CC(=O)O[C@H](c1ccncc1)[C@@H]1O[C@@H](c2ccc(Cl)cc2)[C@@H](c2ccc(Cl)cc2)N(C)C1=O. The number of pyridine rings is 1. The van der Waals surface area contributed by atoms with Crippen molar-refractivity contribution in [1.82, 2.24) is 9.88 Å². The van der Waals surface area contributed by atoms with Gasteiger partial charge in [0.1, 0.15) is 6.10 Å². The molecule has 170 valence electrons. The largest absolute Gasteiger partial charge is 0.454 e. The van der Waals surface area contributed by atoms with Crippen LogP contribution < -0.4 is 0 Å². The zero-order chi connectivity index (χ0) is 23.5. The summed E-state index contributed by atoms with van der Waals surface area (Å²) in [7, 11) is 1.72. The fourth-order valence-corrected chi connectivity index (χ4v) is 4.29. The smallest absolute Gasteiger partial charge is 0.303 e. The van der Waals surface area contributed by atoms with Gasteiger partial charge in [0.2, 0.25) is 0 Å². The topological polar surface area (TPSA) is 68.7 Å². The number of rotatable bonds is 5. The highest BCUT2D eigenvalue weighted by atomic mass is 35.5. The Balaban J connectivity index is 1.78. The minimum Gasteiger partial charge on any atom is -0.454 e. The molecule has 0 bridgehead atoms. The molecular formula is C25H22Cl2N2O4. The summed E-state index contributed by atoms with van der Waals surface area (Å²) < 4.78 is 12.0. The second-order valence-corrected chi connectivity index (χ2v) is 8.66. The minimum atomic E-state index is -1.05. The summed E-state index contributed by atoms with van der Waals surface area (Å²) in [6.07, 6.45) is 0.634. The highest BCUT2D eigenvalue weighted by Gasteiger charge is 2.47. The molecule has 4 atom stereocenters. The third kappa shape index (κ3) is 5.03. The summed E-state index contributed by atoms with van der Waals surface area (Å²) in [5.74, 6) is -0.818. The molecule has 1 saturated heterocycles. The quantitative estimate of drug-likeness (QED) is 0.457. The number of ether oxygens (including phenoxy) is 2. The van der Waals surface area contributed by atoms with Crippen molar-refractivity contribution < 1.29 is 19.1 Å². The van der Waals surface area contributed by atoms with Gasteiger partial charge in [-0.05, 0) is 53.1 Å². The molecular weight excluding hydrogens is 463 g/mol. The molecule has 33 heavy (non-hydrogen) atoms. The Morgan fingerprint density at radius 2 is 1.52 bits per heavy atom. The van der Waals surface area contributed by atoms with Crippen LogP contribution in [0, 0.1) is 0 Å². The van der Waals surface area contributed by atoms with Crippen molar-refractivity contribution in [3.8, 4) is 0 Å². The normalized spacial score (nSPS) is 21.5. The van der Waals surface area contributed by atoms with Crippen molar-refractivity contribution in [3.63, 3.8) is 0 Å². The third-order valence-corrected chi connectivity index (χ3v) is 6.10. The first-order valence-corrected chi connectivity index (χ1v) is 11.1. The van der Waals surface area contributed by atoms with Gasteiger partial charge in [-0.25, -0.2) is 0 Å². The summed E-state index contributed by atoms with van der Waals surface area (Å²) in [5.41, 5.74) is 2.31. The monoisotopic (exact) mass is 484 g/mol. The van der Waals surface area contributed by atoms with E-state index in [2.05, 4.69) is 4.98 Å². The van der Waals surface area contributed by atoms with Crippen molar-refractivity contribution in [3.05, 3.63) is 99.8 Å². The molecule has 0 unspecified atom stereocenters. The standard InChI is InChI=1S/C25H22Cl2N2O4/c1-15(30)32-23(18-11-13-28-14-12-18)24-25(31)29(2)21(16-3-7-19(26)8-4-16)22(33-24)17-5-9-20(27)10-6-17/h3-14,21-24H,1-2H3/t21-,22+,23-,24+/m1/s1. The van der Waals surface area contributed by atoms with Gasteiger partial charge in [0.05, 0.1) is 6.04 Å². The van der Waals surface area contributed by atoms with Crippen molar-refractivity contribution in [2.24, 2.45) is 0 Å². The molecule has 0 N–H and O–H groups in total. The van der Waals surface area contributed by atoms with E-state index in [1.54, 1.807) is 60.7 Å². The third-order valence-electron chi connectivity index (χ3n) is 5.60. The molecule has 2 heterocycles. The predicted molar refractivity (Wildman–Crippen MR) is 125 cm³/mol. The van der Waals surface area contributed by atoms with Crippen molar-refractivity contribution in [2.45, 2.75) is 31.3 Å². The van der Waals surface area contributed by atoms with E-state index in [1.807, 2.05) is 24.3 Å². The molecule has 1 amide bonds. The van der Waals surface area contributed by atoms with E-state index in [4.69, 9.17) is 32.7 Å². The van der Waals surface area contributed by atoms with E-state index < -0.39 is 30.3 Å². The molecule has 1 fully saturated rings. The fourth-order valence-electron chi connectivity index (χ4n) is 4.04. The van der Waals surface area contributed by atoms with Crippen molar-refractivity contribution in [1.29, 1.82) is 0 Å². The Kier molecular flexibility index (Phi) is 6.98. The number of morpholine rings is 1. The Morgan fingerprint density at radius 3 is 2.06 bits per heavy atom. The van der Waals surface area contributed by atoms with Crippen LogP contribution in [-0.2, 0) is 19.1 Å². The van der Waals surface area contributed by atoms with Gasteiger partial charge in [-0.3, -0.25) is 14.6 Å². The Bertz CT molecular complexity index is 1120. The van der Waals surface area contributed by atoms with Crippen molar-refractivity contribution >= 4 is 35.1 Å². The maximum absolute atomic E-state index is 13.6. The number of hydrogen-bond acceptors (Lipinski definition) is 5. The van der Waals surface area contributed by atoms with Crippen LogP contribution >= 0.6 is 23.2 Å². The number of amides is 1. The molecule has 0 radical (unpaired) electrons. The van der Waals surface area contributed by atoms with Gasteiger partial charge in [-0.15, -0.1) is 0 Å². The van der Waals surface area contributed by atoms with Gasteiger partial charge in [0, 0.05) is 36.4 Å². The maximum atomic E-state index is 13.6. The summed E-state index contributed by atoms with van der Waals surface area (Å²) >= 11 is 12.2. The van der Waals surface area contributed by atoms with E-state index in [9.17, 15) is 9.59 Å². The van der Waals surface area contributed by atoms with Crippen LogP contribution in [0.1, 0.15) is 41.9 Å². The molecule has 0 saturated carbocycles. The number of carbonyl (C=O) groups excluding carboxylic acids is 2. The van der Waals surface area contributed by atoms with Crippen LogP contribution in [0.5, 0.6) is 0 Å². The molecule has 8 heteroatoms. The van der Waals surface area contributed by atoms with E-state index in [-0.39, 0.29) is 5.91 Å². The molecule has 0 spiro atoms. The lowest BCUT2D eigenvalue weighted by Crippen LogP contribution is -2.51. The average molecular weight is 485 g/mol. The Hall–Kier alpha value is -2.93. The lowest BCUT2D eigenvalue weighted by Gasteiger charge is -2.44. The first kappa shape index (κ1) is 23.2. The molecule has 2 aromatic carbocycles. The average Bonchev–Trinajstić information content (AvgIpc) is 2.81. The second kappa shape index (κ2) is 9.91. The summed E-state index contributed by atoms with van der Waals surface area (Å²) in [6, 6.07) is 17.5. The van der Waals surface area contributed by atoms with E-state index in [1.165, 1.54) is 6.92 Å². The van der Waals surface area contributed by atoms with Crippen LogP contribution in [0.25, 0.3) is 0 Å². The zero-order valence-corrected chi connectivity index (χ0v) is 19.5. The van der Waals surface area contributed by atoms with Crippen LogP contribution in [0.3, 0.4) is 0 Å². The van der Waals surface area contributed by atoms with Gasteiger partial charge in [0.15, 0.2) is 12.2 Å². The van der Waals surface area contributed by atoms with Crippen LogP contribution in [-0.4, -0.2) is 34.9 Å². The van der Waals surface area contributed by atoms with E-state index in [0.29, 0.717) is 15.6 Å². The fraction of sp³-hybridized carbons (Fsp3) is 0.240. The number of halogens is 2. The highest BCUT2D eigenvalue weighted by molar-refractivity contribution is 6.30. The summed E-state index contributed by atoms with van der Waals surface area (Å²) in [4.78, 5) is 31.1. The molecule has 1 aliphatic rings. The Morgan fingerprint density at radius 1 is 0.970 bits per heavy atom. The summed E-state index contributed by atoms with van der Waals surface area (Å²) in [6.45, 7) is 1.30. The number of benzene rings is 2. The number of likely N-dealkylation sites (N-methyl/N-ethyl adjacent to an activating group) is 1. The van der Waals surface area contributed by atoms with Crippen LogP contribution in [0.2, 0.25) is 10.0 Å². The second-order valence-electron chi connectivity index (χ2n) is 7.78. The van der Waals surface area contributed by atoms with Gasteiger partial charge in [-0.1, -0.05) is 47.5 Å². The lowest BCUT2D eigenvalue weighted by molar-refractivity contribution is -0.193. The first-order valence-electron chi connectivity index (χ1n) is 10.4. The number of esters is 1. The molecule has 4 rings (SSSR count). The van der Waals surface area contributed by atoms with Crippen molar-refractivity contribution in [2.75, 3.05) is 7.05 Å². The maximum Gasteiger partial charge on any atom is 0.303 e. The summed E-state index contributed by atoms with van der Waals surface area (Å²) in [5, 5.41) is 1.19. The molecule has 6 nitrogen and oxygen atoms in total. The predicted octanol–water partition coefficient (Wildman–Crippen LogP) is 5.33. The zero-order valence-electron chi connectivity index (χ0n) is 18.0. The molecule has 1 aromatic heterocycles. The molecule has 0 aliphatic carbocycles. The molecule has 3 aromatic rings. The van der Waals surface area contributed by atoms with Crippen LogP contribution in [0.4, 0.5) is 0 Å². The minimum absolute atomic E-state index is 0.303. The number of carbonyl (C=O) groups is 2. The Labute approximate surface area is 202 Å².